The molecule has 0 saturated carbocycles. The molecule has 0 aliphatic rings. The van der Waals surface area contributed by atoms with E-state index in [1.54, 1.807) is 4.90 Å². The molecule has 4 heteroatoms. The van der Waals surface area contributed by atoms with Crippen molar-refractivity contribution in [3.8, 4) is 0 Å². The van der Waals surface area contributed by atoms with E-state index < -0.39 is 0 Å². The molecular formula is C11H19N3O. The Bertz CT molecular complexity index is 319. The molecule has 0 saturated heterocycles. The lowest BCUT2D eigenvalue weighted by molar-refractivity contribution is -0.128. The zero-order valence-electron chi connectivity index (χ0n) is 9.66. The molecule has 0 bridgehead atoms. The standard InChI is InChI=1S/C11H19N3O/c1-4-13(2)11(15)9-12-8-10-6-5-7-14(10)3/h5-7,12H,4,8-9H2,1-3H3. The average Bonchev–Trinajstić information content (AvgIpc) is 2.63. The summed E-state index contributed by atoms with van der Waals surface area (Å²) in [7, 11) is 3.81. The van der Waals surface area contributed by atoms with Gasteiger partial charge in [0.25, 0.3) is 0 Å². The first-order valence-electron chi connectivity index (χ1n) is 5.20. The van der Waals surface area contributed by atoms with Gasteiger partial charge in [0, 0.05) is 39.1 Å². The summed E-state index contributed by atoms with van der Waals surface area (Å²) in [6, 6.07) is 4.04. The van der Waals surface area contributed by atoms with Crippen LogP contribution in [0.3, 0.4) is 0 Å². The van der Waals surface area contributed by atoms with Crippen molar-refractivity contribution in [3.63, 3.8) is 0 Å². The highest BCUT2D eigenvalue weighted by Gasteiger charge is 2.05. The molecule has 1 aromatic rings. The number of amides is 1. The molecule has 1 N–H and O–H groups in total. The van der Waals surface area contributed by atoms with Gasteiger partial charge >= 0.3 is 0 Å². The minimum Gasteiger partial charge on any atom is -0.353 e. The van der Waals surface area contributed by atoms with Gasteiger partial charge in [0.2, 0.25) is 5.91 Å². The summed E-state index contributed by atoms with van der Waals surface area (Å²) in [6.07, 6.45) is 2.00. The van der Waals surface area contributed by atoms with Crippen LogP contribution in [0.25, 0.3) is 0 Å². The van der Waals surface area contributed by atoms with Crippen LogP contribution in [-0.2, 0) is 18.4 Å². The molecule has 0 aliphatic carbocycles. The number of hydrogen-bond acceptors (Lipinski definition) is 2. The molecule has 0 atom stereocenters. The predicted molar refractivity (Wildman–Crippen MR) is 60.4 cm³/mol. The van der Waals surface area contributed by atoms with Crippen LogP contribution in [0.5, 0.6) is 0 Å². The number of rotatable bonds is 5. The third-order valence-corrected chi connectivity index (χ3v) is 2.53. The molecule has 84 valence electrons. The van der Waals surface area contributed by atoms with Crippen LogP contribution in [0.15, 0.2) is 18.3 Å². The van der Waals surface area contributed by atoms with E-state index in [-0.39, 0.29) is 5.91 Å². The zero-order chi connectivity index (χ0) is 11.3. The summed E-state index contributed by atoms with van der Waals surface area (Å²) in [5, 5.41) is 3.13. The van der Waals surface area contributed by atoms with E-state index in [4.69, 9.17) is 0 Å². The second kappa shape index (κ2) is 5.56. The van der Waals surface area contributed by atoms with Gasteiger partial charge in [0.05, 0.1) is 6.54 Å². The molecule has 0 unspecified atom stereocenters. The Hall–Kier alpha value is -1.29. The fourth-order valence-electron chi connectivity index (χ4n) is 1.29. The summed E-state index contributed by atoms with van der Waals surface area (Å²) in [5.41, 5.74) is 1.18. The van der Waals surface area contributed by atoms with Crippen molar-refractivity contribution in [1.29, 1.82) is 0 Å². The maximum Gasteiger partial charge on any atom is 0.236 e. The van der Waals surface area contributed by atoms with E-state index in [9.17, 15) is 4.79 Å². The van der Waals surface area contributed by atoms with E-state index in [0.29, 0.717) is 6.54 Å². The molecule has 4 nitrogen and oxygen atoms in total. The number of hydrogen-bond donors (Lipinski definition) is 1. The number of carbonyl (C=O) groups is 1. The Labute approximate surface area is 90.9 Å². The summed E-state index contributed by atoms with van der Waals surface area (Å²) < 4.78 is 2.04. The van der Waals surface area contributed by atoms with Crippen molar-refractivity contribution in [2.24, 2.45) is 7.05 Å². The van der Waals surface area contributed by atoms with Crippen LogP contribution < -0.4 is 5.32 Å². The van der Waals surface area contributed by atoms with E-state index in [1.165, 1.54) is 5.69 Å². The maximum atomic E-state index is 11.4. The number of carbonyl (C=O) groups excluding carboxylic acids is 1. The number of likely N-dealkylation sites (N-methyl/N-ethyl adjacent to an activating group) is 1. The van der Waals surface area contributed by atoms with Crippen molar-refractivity contribution in [3.05, 3.63) is 24.0 Å². The molecule has 0 spiro atoms. The topological polar surface area (TPSA) is 37.3 Å². The van der Waals surface area contributed by atoms with Gasteiger partial charge in [0.1, 0.15) is 0 Å². The first-order valence-corrected chi connectivity index (χ1v) is 5.20. The molecule has 0 aliphatic heterocycles. The van der Waals surface area contributed by atoms with E-state index in [0.717, 1.165) is 13.1 Å². The molecule has 1 amide bonds. The molecule has 0 fully saturated rings. The molecule has 1 aromatic heterocycles. The van der Waals surface area contributed by atoms with E-state index in [2.05, 4.69) is 5.32 Å². The molecule has 15 heavy (non-hydrogen) atoms. The van der Waals surface area contributed by atoms with Gasteiger partial charge in [-0.3, -0.25) is 4.79 Å². The van der Waals surface area contributed by atoms with Crippen LogP contribution in [0.2, 0.25) is 0 Å². The van der Waals surface area contributed by atoms with Crippen LogP contribution in [0.1, 0.15) is 12.6 Å². The Morgan fingerprint density at radius 1 is 1.60 bits per heavy atom. The van der Waals surface area contributed by atoms with Gasteiger partial charge in [0.15, 0.2) is 0 Å². The maximum absolute atomic E-state index is 11.4. The van der Waals surface area contributed by atoms with Gasteiger partial charge in [-0.15, -0.1) is 0 Å². The smallest absolute Gasteiger partial charge is 0.236 e. The summed E-state index contributed by atoms with van der Waals surface area (Å²) in [5.74, 6) is 0.131. The Kier molecular flexibility index (Phi) is 4.37. The highest BCUT2D eigenvalue weighted by molar-refractivity contribution is 5.77. The van der Waals surface area contributed by atoms with Gasteiger partial charge in [-0.2, -0.15) is 0 Å². The number of nitrogens with zero attached hydrogens (tertiary/aromatic N) is 2. The molecular weight excluding hydrogens is 190 g/mol. The molecule has 1 heterocycles. The Morgan fingerprint density at radius 2 is 2.33 bits per heavy atom. The van der Waals surface area contributed by atoms with Crippen LogP contribution >= 0.6 is 0 Å². The monoisotopic (exact) mass is 209 g/mol. The van der Waals surface area contributed by atoms with Crippen molar-refractivity contribution < 1.29 is 4.79 Å². The van der Waals surface area contributed by atoms with Crippen molar-refractivity contribution in [2.75, 3.05) is 20.1 Å². The SMILES string of the molecule is CCN(C)C(=O)CNCc1cccn1C. The highest BCUT2D eigenvalue weighted by Crippen LogP contribution is 1.98. The highest BCUT2D eigenvalue weighted by atomic mass is 16.2. The lowest BCUT2D eigenvalue weighted by Gasteiger charge is -2.14. The fourth-order valence-corrected chi connectivity index (χ4v) is 1.29. The van der Waals surface area contributed by atoms with Crippen molar-refractivity contribution >= 4 is 5.91 Å². The number of aryl methyl sites for hydroxylation is 1. The zero-order valence-corrected chi connectivity index (χ0v) is 9.66. The minimum absolute atomic E-state index is 0.131. The lowest BCUT2D eigenvalue weighted by Crippen LogP contribution is -2.35. The van der Waals surface area contributed by atoms with Crippen LogP contribution in [-0.4, -0.2) is 35.5 Å². The summed E-state index contributed by atoms with van der Waals surface area (Å²) in [4.78, 5) is 13.2. The van der Waals surface area contributed by atoms with E-state index >= 15 is 0 Å². The van der Waals surface area contributed by atoms with Crippen molar-refractivity contribution in [1.82, 2.24) is 14.8 Å². The molecule has 0 radical (unpaired) electrons. The fraction of sp³-hybridized carbons (Fsp3) is 0.545. The predicted octanol–water partition coefficient (Wildman–Crippen LogP) is 0.593. The lowest BCUT2D eigenvalue weighted by atomic mass is 10.4. The van der Waals surface area contributed by atoms with Gasteiger partial charge in [-0.05, 0) is 19.1 Å². The Balaban J connectivity index is 2.28. The van der Waals surface area contributed by atoms with Gasteiger partial charge in [-0.1, -0.05) is 0 Å². The normalized spacial score (nSPS) is 10.3. The third kappa shape index (κ3) is 3.40. The minimum atomic E-state index is 0.131. The van der Waals surface area contributed by atoms with E-state index in [1.807, 2.05) is 43.9 Å². The van der Waals surface area contributed by atoms with Crippen molar-refractivity contribution in [2.45, 2.75) is 13.5 Å². The molecule has 1 rings (SSSR count). The summed E-state index contributed by atoms with van der Waals surface area (Å²) in [6.45, 7) is 3.85. The first-order chi connectivity index (χ1) is 7.15. The first kappa shape index (κ1) is 11.8. The van der Waals surface area contributed by atoms with Crippen LogP contribution in [0.4, 0.5) is 0 Å². The average molecular weight is 209 g/mol. The number of aromatic nitrogens is 1. The summed E-state index contributed by atoms with van der Waals surface area (Å²) >= 11 is 0. The largest absolute Gasteiger partial charge is 0.353 e. The number of nitrogens with one attached hydrogen (secondary N) is 1. The molecule has 0 aromatic carbocycles. The Morgan fingerprint density at radius 3 is 2.87 bits per heavy atom. The quantitative estimate of drug-likeness (QED) is 0.771. The van der Waals surface area contributed by atoms with Gasteiger partial charge < -0.3 is 14.8 Å². The second-order valence-electron chi connectivity index (χ2n) is 3.62. The van der Waals surface area contributed by atoms with Crippen LogP contribution in [0, 0.1) is 0 Å². The second-order valence-corrected chi connectivity index (χ2v) is 3.62. The van der Waals surface area contributed by atoms with Gasteiger partial charge in [-0.25, -0.2) is 0 Å². The third-order valence-electron chi connectivity index (χ3n) is 2.53.